The van der Waals surface area contributed by atoms with Gasteiger partial charge in [-0.25, -0.2) is 4.98 Å². The molecule has 1 saturated heterocycles. The standard InChI is InChI=1S/C30H33BrN9O3P/c1-18-26(40-10-12-43-13-11-40)20(19-15-35-39(2)17-19)14-24(27(18)42-3)37-30-34-16-21(31)29(38-30)36-23-7-6-22-25(33-9-8-32-22)28(23)44(4,5)41/h6-9,14-17H,10-13H2,1-5H3,(H2,34,36,37,38). The first-order valence-corrected chi connectivity index (χ1v) is 17.4. The predicted molar refractivity (Wildman–Crippen MR) is 178 cm³/mol. The van der Waals surface area contributed by atoms with Gasteiger partial charge in [0.2, 0.25) is 5.95 Å². The van der Waals surface area contributed by atoms with Gasteiger partial charge in [-0.15, -0.1) is 0 Å². The molecule has 0 unspecified atom stereocenters. The van der Waals surface area contributed by atoms with Crippen LogP contribution in [-0.4, -0.2) is 76.5 Å². The fraction of sp³-hybridized carbons (Fsp3) is 0.300. The number of halogens is 1. The van der Waals surface area contributed by atoms with Crippen molar-refractivity contribution >= 4 is 68.2 Å². The molecule has 0 spiro atoms. The molecule has 228 valence electrons. The molecular formula is C30H33BrN9O3P. The van der Waals surface area contributed by atoms with E-state index in [1.54, 1.807) is 43.7 Å². The fourth-order valence-corrected chi connectivity index (χ4v) is 7.23. The summed E-state index contributed by atoms with van der Waals surface area (Å²) in [5.74, 6) is 1.53. The van der Waals surface area contributed by atoms with E-state index >= 15 is 0 Å². The van der Waals surface area contributed by atoms with Crippen LogP contribution in [0, 0.1) is 6.92 Å². The molecule has 0 saturated carbocycles. The number of hydrogen-bond acceptors (Lipinski definition) is 11. The van der Waals surface area contributed by atoms with Crippen molar-refractivity contribution in [3.63, 3.8) is 0 Å². The van der Waals surface area contributed by atoms with E-state index in [4.69, 9.17) is 14.5 Å². The molecule has 44 heavy (non-hydrogen) atoms. The molecule has 5 aromatic rings. The van der Waals surface area contributed by atoms with Crippen LogP contribution in [0.4, 0.5) is 28.8 Å². The Morgan fingerprint density at radius 1 is 1.05 bits per heavy atom. The summed E-state index contributed by atoms with van der Waals surface area (Å²) in [4.78, 5) is 20.5. The molecule has 12 nitrogen and oxygen atoms in total. The first-order chi connectivity index (χ1) is 21.1. The third-order valence-corrected chi connectivity index (χ3v) is 9.54. The highest BCUT2D eigenvalue weighted by molar-refractivity contribution is 9.10. The summed E-state index contributed by atoms with van der Waals surface area (Å²) in [5, 5.41) is 11.8. The number of benzene rings is 2. The summed E-state index contributed by atoms with van der Waals surface area (Å²) in [6, 6.07) is 5.75. The normalized spacial score (nSPS) is 13.7. The third kappa shape index (κ3) is 5.87. The van der Waals surface area contributed by atoms with Crippen molar-refractivity contribution in [1.82, 2.24) is 29.7 Å². The van der Waals surface area contributed by atoms with Crippen LogP contribution in [0.2, 0.25) is 0 Å². The largest absolute Gasteiger partial charge is 0.494 e. The summed E-state index contributed by atoms with van der Waals surface area (Å²) < 4.78 is 27.4. The van der Waals surface area contributed by atoms with Crippen molar-refractivity contribution in [2.24, 2.45) is 7.05 Å². The number of nitrogens with one attached hydrogen (secondary N) is 2. The summed E-state index contributed by atoms with van der Waals surface area (Å²) in [6.45, 7) is 8.38. The number of aryl methyl sites for hydroxylation is 1. The minimum Gasteiger partial charge on any atom is -0.494 e. The molecule has 1 aliphatic heterocycles. The van der Waals surface area contributed by atoms with Crippen molar-refractivity contribution in [1.29, 1.82) is 0 Å². The molecule has 0 radical (unpaired) electrons. The Labute approximate surface area is 263 Å². The topological polar surface area (TPSA) is 132 Å². The maximum Gasteiger partial charge on any atom is 0.229 e. The molecule has 1 aliphatic rings. The number of aromatic nitrogens is 6. The van der Waals surface area contributed by atoms with Crippen LogP contribution >= 0.6 is 23.1 Å². The SMILES string of the molecule is COc1c(Nc2ncc(Br)c(Nc3ccc4nccnc4c3P(C)(C)=O)n2)cc(-c2cnn(C)c2)c(N2CCOCC2)c1C. The van der Waals surface area contributed by atoms with Crippen molar-refractivity contribution in [3.05, 3.63) is 59.2 Å². The van der Waals surface area contributed by atoms with Gasteiger partial charge in [-0.2, -0.15) is 10.1 Å². The number of hydrogen-bond donors (Lipinski definition) is 2. The van der Waals surface area contributed by atoms with Crippen molar-refractivity contribution in [2.45, 2.75) is 6.92 Å². The Morgan fingerprint density at radius 2 is 1.82 bits per heavy atom. The number of nitrogens with zero attached hydrogens (tertiary/aromatic N) is 7. The lowest BCUT2D eigenvalue weighted by molar-refractivity contribution is 0.122. The number of anilines is 5. The molecule has 0 atom stereocenters. The Bertz CT molecular complexity index is 1900. The van der Waals surface area contributed by atoms with Gasteiger partial charge in [-0.1, -0.05) is 0 Å². The Balaban J connectivity index is 1.41. The average Bonchev–Trinajstić information content (AvgIpc) is 3.44. The second kappa shape index (κ2) is 12.1. The van der Waals surface area contributed by atoms with Crippen LogP contribution in [0.3, 0.4) is 0 Å². The van der Waals surface area contributed by atoms with E-state index in [9.17, 15) is 4.57 Å². The second-order valence-corrected chi connectivity index (χ2v) is 14.9. The number of methoxy groups -OCH3 is 1. The van der Waals surface area contributed by atoms with Crippen LogP contribution in [0.25, 0.3) is 22.2 Å². The van der Waals surface area contributed by atoms with Gasteiger partial charge in [-0.3, -0.25) is 14.6 Å². The third-order valence-electron chi connectivity index (χ3n) is 7.43. The molecule has 0 bridgehead atoms. The number of ether oxygens (including phenoxy) is 2. The maximum absolute atomic E-state index is 13.4. The average molecular weight is 679 g/mol. The second-order valence-electron chi connectivity index (χ2n) is 10.9. The molecule has 6 rings (SSSR count). The van der Waals surface area contributed by atoms with E-state index < -0.39 is 7.14 Å². The Kier molecular flexibility index (Phi) is 8.28. The lowest BCUT2D eigenvalue weighted by atomic mass is 9.99. The number of fused-ring (bicyclic) bond motifs is 1. The number of morpholine rings is 1. The first kappa shape index (κ1) is 30.0. The van der Waals surface area contributed by atoms with Gasteiger partial charge in [0, 0.05) is 61.6 Å². The highest BCUT2D eigenvalue weighted by Crippen LogP contribution is 2.45. The van der Waals surface area contributed by atoms with Crippen LogP contribution in [0.5, 0.6) is 5.75 Å². The lowest BCUT2D eigenvalue weighted by Crippen LogP contribution is -2.37. The highest BCUT2D eigenvalue weighted by atomic mass is 79.9. The van der Waals surface area contributed by atoms with Crippen molar-refractivity contribution in [2.75, 3.05) is 62.3 Å². The zero-order valence-electron chi connectivity index (χ0n) is 25.1. The van der Waals surface area contributed by atoms with Crippen LogP contribution in [0.1, 0.15) is 5.56 Å². The molecule has 1 fully saturated rings. The first-order valence-electron chi connectivity index (χ1n) is 14.0. The Hall–Kier alpha value is -4.06. The quantitative estimate of drug-likeness (QED) is 0.203. The van der Waals surface area contributed by atoms with E-state index in [-0.39, 0.29) is 0 Å². The summed E-state index contributed by atoms with van der Waals surface area (Å²) >= 11 is 3.57. The molecule has 14 heteroatoms. The molecule has 2 N–H and O–H groups in total. The van der Waals surface area contributed by atoms with Gasteiger partial charge >= 0.3 is 0 Å². The molecule has 0 aliphatic carbocycles. The summed E-state index contributed by atoms with van der Waals surface area (Å²) in [5.41, 5.74) is 6.68. The minimum atomic E-state index is -2.76. The van der Waals surface area contributed by atoms with Gasteiger partial charge in [0.25, 0.3) is 0 Å². The Morgan fingerprint density at radius 3 is 2.52 bits per heavy atom. The van der Waals surface area contributed by atoms with E-state index in [2.05, 4.69) is 64.5 Å². The van der Waals surface area contributed by atoms with Crippen LogP contribution < -0.4 is 25.6 Å². The van der Waals surface area contributed by atoms with Gasteiger partial charge in [0.15, 0.2) is 0 Å². The van der Waals surface area contributed by atoms with Gasteiger partial charge in [-0.05, 0) is 54.4 Å². The number of rotatable bonds is 8. The van der Waals surface area contributed by atoms with Crippen LogP contribution in [0.15, 0.2) is 53.7 Å². The van der Waals surface area contributed by atoms with E-state index in [0.717, 1.165) is 35.5 Å². The smallest absolute Gasteiger partial charge is 0.229 e. The lowest BCUT2D eigenvalue weighted by Gasteiger charge is -2.33. The van der Waals surface area contributed by atoms with Gasteiger partial charge in [0.05, 0.1) is 58.9 Å². The molecule has 2 aromatic carbocycles. The zero-order chi connectivity index (χ0) is 31.0. The zero-order valence-corrected chi connectivity index (χ0v) is 27.6. The highest BCUT2D eigenvalue weighted by Gasteiger charge is 2.25. The van der Waals surface area contributed by atoms with E-state index in [1.807, 2.05) is 31.6 Å². The molecule has 3 aromatic heterocycles. The molecule has 4 heterocycles. The summed E-state index contributed by atoms with van der Waals surface area (Å²) in [7, 11) is 0.804. The molecular weight excluding hydrogens is 645 g/mol. The van der Waals surface area contributed by atoms with Crippen LogP contribution in [-0.2, 0) is 16.3 Å². The van der Waals surface area contributed by atoms with Gasteiger partial charge < -0.3 is 29.6 Å². The van der Waals surface area contributed by atoms with Gasteiger partial charge in [0.1, 0.15) is 24.2 Å². The van der Waals surface area contributed by atoms with E-state index in [1.165, 1.54) is 0 Å². The van der Waals surface area contributed by atoms with Crippen molar-refractivity contribution < 1.29 is 14.0 Å². The monoisotopic (exact) mass is 677 g/mol. The maximum atomic E-state index is 13.4. The summed E-state index contributed by atoms with van der Waals surface area (Å²) in [6.07, 6.45) is 8.75. The van der Waals surface area contributed by atoms with Crippen molar-refractivity contribution in [3.8, 4) is 16.9 Å². The van der Waals surface area contributed by atoms with E-state index in [0.29, 0.717) is 62.9 Å². The predicted octanol–water partition coefficient (Wildman–Crippen LogP) is 5.47. The fourth-order valence-electron chi connectivity index (χ4n) is 5.55. The minimum absolute atomic E-state index is 0.350. The molecule has 0 amide bonds.